The second kappa shape index (κ2) is 7.72. The number of aliphatic imine (C=N–C) groups is 1. The van der Waals surface area contributed by atoms with Gasteiger partial charge in [0.05, 0.1) is 10.5 Å². The largest absolute Gasteiger partial charge is 0.356 e. The zero-order valence-electron chi connectivity index (χ0n) is 15.7. The number of sulfone groups is 1. The highest BCUT2D eigenvalue weighted by molar-refractivity contribution is 7.92. The van der Waals surface area contributed by atoms with Gasteiger partial charge in [-0.2, -0.15) is 4.98 Å². The minimum atomic E-state index is -3.05. The predicted octanol–water partition coefficient (Wildman–Crippen LogP) is 1.21. The Balaban J connectivity index is 1.82. The molecular formula is C16H29N5O3S. The fourth-order valence-corrected chi connectivity index (χ4v) is 4.07. The fraction of sp³-hybridized carbons (Fsp3) is 0.812. The molecule has 0 bridgehead atoms. The van der Waals surface area contributed by atoms with E-state index in [-0.39, 0.29) is 11.7 Å². The summed E-state index contributed by atoms with van der Waals surface area (Å²) in [6.45, 7) is 9.20. The maximum absolute atomic E-state index is 12.1. The van der Waals surface area contributed by atoms with Gasteiger partial charge in [-0.15, -0.1) is 0 Å². The molecule has 2 rings (SSSR count). The number of nitrogens with zero attached hydrogens (tertiary/aromatic N) is 4. The van der Waals surface area contributed by atoms with Crippen LogP contribution in [0.2, 0.25) is 0 Å². The minimum absolute atomic E-state index is 0.153. The van der Waals surface area contributed by atoms with Crippen LogP contribution in [0.3, 0.4) is 0 Å². The average molecular weight is 372 g/mol. The van der Waals surface area contributed by atoms with Crippen molar-refractivity contribution in [2.45, 2.75) is 51.2 Å². The molecule has 2 heterocycles. The first-order valence-electron chi connectivity index (χ1n) is 8.66. The van der Waals surface area contributed by atoms with Gasteiger partial charge in [-0.3, -0.25) is 4.99 Å². The molecule has 0 aromatic carbocycles. The van der Waals surface area contributed by atoms with E-state index in [1.807, 2.05) is 18.7 Å². The number of aromatic nitrogens is 2. The van der Waals surface area contributed by atoms with Crippen molar-refractivity contribution >= 4 is 15.8 Å². The van der Waals surface area contributed by atoms with E-state index in [1.54, 1.807) is 20.9 Å². The highest BCUT2D eigenvalue weighted by Crippen LogP contribution is 2.23. The Morgan fingerprint density at radius 1 is 1.44 bits per heavy atom. The second-order valence-electron chi connectivity index (χ2n) is 7.28. The van der Waals surface area contributed by atoms with E-state index < -0.39 is 14.6 Å². The van der Waals surface area contributed by atoms with Crippen molar-refractivity contribution in [3.05, 3.63) is 11.7 Å². The quantitative estimate of drug-likeness (QED) is 0.472. The SMILES string of the molecule is CN=C(NCCCc1nc(C(C)C)no1)N1CCS(=O)(=O)C(C)(C)C1. The Bertz CT molecular complexity index is 709. The van der Waals surface area contributed by atoms with Crippen molar-refractivity contribution in [1.29, 1.82) is 0 Å². The molecule has 0 amide bonds. The summed E-state index contributed by atoms with van der Waals surface area (Å²) in [4.78, 5) is 10.6. The molecule has 0 unspecified atom stereocenters. The summed E-state index contributed by atoms with van der Waals surface area (Å²) in [6, 6.07) is 0. The van der Waals surface area contributed by atoms with Gasteiger partial charge in [0, 0.05) is 39.0 Å². The van der Waals surface area contributed by atoms with E-state index >= 15 is 0 Å². The Kier molecular flexibility index (Phi) is 6.08. The smallest absolute Gasteiger partial charge is 0.226 e. The van der Waals surface area contributed by atoms with Crippen LogP contribution in [-0.2, 0) is 16.3 Å². The van der Waals surface area contributed by atoms with Crippen molar-refractivity contribution in [2.75, 3.05) is 32.4 Å². The molecule has 8 nitrogen and oxygen atoms in total. The molecule has 1 N–H and O–H groups in total. The summed E-state index contributed by atoms with van der Waals surface area (Å²) in [7, 11) is -1.34. The first-order valence-corrected chi connectivity index (χ1v) is 10.3. The number of aryl methyl sites for hydroxylation is 1. The standard InChI is InChI=1S/C16H29N5O3S/c1-12(2)14-19-13(24-20-14)7-6-8-18-15(17-5)21-9-10-25(22,23)16(3,4)11-21/h12H,6-11H2,1-5H3,(H,17,18). The molecule has 1 fully saturated rings. The van der Waals surface area contributed by atoms with Crippen LogP contribution in [0, 0.1) is 0 Å². The minimum Gasteiger partial charge on any atom is -0.356 e. The molecule has 0 atom stereocenters. The third-order valence-electron chi connectivity index (χ3n) is 4.41. The maximum Gasteiger partial charge on any atom is 0.226 e. The van der Waals surface area contributed by atoms with Gasteiger partial charge >= 0.3 is 0 Å². The molecule has 1 aromatic rings. The van der Waals surface area contributed by atoms with Crippen LogP contribution >= 0.6 is 0 Å². The van der Waals surface area contributed by atoms with Crippen LogP contribution < -0.4 is 5.32 Å². The lowest BCUT2D eigenvalue weighted by molar-refractivity contribution is 0.351. The molecule has 0 saturated carbocycles. The number of hydrogen-bond donors (Lipinski definition) is 1. The van der Waals surface area contributed by atoms with Crippen LogP contribution in [0.4, 0.5) is 0 Å². The molecular weight excluding hydrogens is 342 g/mol. The van der Waals surface area contributed by atoms with E-state index in [2.05, 4.69) is 20.4 Å². The van der Waals surface area contributed by atoms with Gasteiger partial charge in [0.25, 0.3) is 0 Å². The van der Waals surface area contributed by atoms with Crippen LogP contribution in [0.5, 0.6) is 0 Å². The third-order valence-corrected chi connectivity index (χ3v) is 6.94. The predicted molar refractivity (Wildman–Crippen MR) is 97.5 cm³/mol. The lowest BCUT2D eigenvalue weighted by atomic mass is 10.2. The third kappa shape index (κ3) is 4.71. The summed E-state index contributed by atoms with van der Waals surface area (Å²) >= 11 is 0. The van der Waals surface area contributed by atoms with E-state index in [0.29, 0.717) is 31.9 Å². The zero-order valence-corrected chi connectivity index (χ0v) is 16.6. The summed E-state index contributed by atoms with van der Waals surface area (Å²) < 4.78 is 28.7. The van der Waals surface area contributed by atoms with Crippen molar-refractivity contribution in [1.82, 2.24) is 20.4 Å². The van der Waals surface area contributed by atoms with Crippen LogP contribution in [0.15, 0.2) is 9.52 Å². The summed E-state index contributed by atoms with van der Waals surface area (Å²) in [6.07, 6.45) is 1.53. The van der Waals surface area contributed by atoms with Gasteiger partial charge in [-0.1, -0.05) is 19.0 Å². The molecule has 1 saturated heterocycles. The van der Waals surface area contributed by atoms with Crippen LogP contribution in [-0.4, -0.2) is 66.6 Å². The van der Waals surface area contributed by atoms with E-state index in [0.717, 1.165) is 18.2 Å². The summed E-state index contributed by atoms with van der Waals surface area (Å²) in [5.74, 6) is 2.52. The molecule has 0 spiro atoms. The molecule has 1 aliphatic rings. The van der Waals surface area contributed by atoms with E-state index in [9.17, 15) is 8.42 Å². The van der Waals surface area contributed by atoms with Gasteiger partial charge in [-0.05, 0) is 20.3 Å². The molecule has 9 heteroatoms. The van der Waals surface area contributed by atoms with Gasteiger partial charge in [-0.25, -0.2) is 8.42 Å². The Morgan fingerprint density at radius 3 is 2.72 bits per heavy atom. The Morgan fingerprint density at radius 2 is 2.16 bits per heavy atom. The van der Waals surface area contributed by atoms with Crippen molar-refractivity contribution < 1.29 is 12.9 Å². The van der Waals surface area contributed by atoms with Gasteiger partial charge < -0.3 is 14.7 Å². The number of nitrogens with one attached hydrogen (secondary N) is 1. The van der Waals surface area contributed by atoms with Crippen molar-refractivity contribution in [3.8, 4) is 0 Å². The first kappa shape index (κ1) is 19.7. The highest BCUT2D eigenvalue weighted by Gasteiger charge is 2.40. The number of hydrogen-bond acceptors (Lipinski definition) is 6. The zero-order chi connectivity index (χ0) is 18.7. The van der Waals surface area contributed by atoms with Gasteiger partial charge in [0.2, 0.25) is 5.89 Å². The average Bonchev–Trinajstić information content (AvgIpc) is 2.99. The lowest BCUT2D eigenvalue weighted by Gasteiger charge is -2.39. The normalized spacial score (nSPS) is 20.1. The molecule has 142 valence electrons. The number of guanidine groups is 1. The van der Waals surface area contributed by atoms with Crippen molar-refractivity contribution in [3.63, 3.8) is 0 Å². The molecule has 0 radical (unpaired) electrons. The van der Waals surface area contributed by atoms with Crippen LogP contribution in [0.25, 0.3) is 0 Å². The highest BCUT2D eigenvalue weighted by atomic mass is 32.2. The molecule has 1 aromatic heterocycles. The molecule has 25 heavy (non-hydrogen) atoms. The lowest BCUT2D eigenvalue weighted by Crippen LogP contribution is -2.57. The number of rotatable bonds is 5. The molecule has 1 aliphatic heterocycles. The summed E-state index contributed by atoms with van der Waals surface area (Å²) in [5.41, 5.74) is 0. The van der Waals surface area contributed by atoms with Gasteiger partial charge in [0.15, 0.2) is 21.6 Å². The second-order valence-corrected chi connectivity index (χ2v) is 10.0. The van der Waals surface area contributed by atoms with Crippen LogP contribution in [0.1, 0.15) is 51.7 Å². The first-order chi connectivity index (χ1) is 11.7. The fourth-order valence-electron chi connectivity index (χ4n) is 2.70. The Hall–Kier alpha value is -1.64. The van der Waals surface area contributed by atoms with Gasteiger partial charge in [0.1, 0.15) is 0 Å². The summed E-state index contributed by atoms with van der Waals surface area (Å²) in [5, 5.41) is 7.25. The maximum atomic E-state index is 12.1. The van der Waals surface area contributed by atoms with E-state index in [4.69, 9.17) is 4.52 Å². The molecule has 0 aliphatic carbocycles. The Labute approximate surface area is 150 Å². The topological polar surface area (TPSA) is 101 Å². The van der Waals surface area contributed by atoms with Crippen molar-refractivity contribution in [2.24, 2.45) is 4.99 Å². The van der Waals surface area contributed by atoms with E-state index in [1.165, 1.54) is 0 Å². The monoisotopic (exact) mass is 371 g/mol.